The Morgan fingerprint density at radius 2 is 2.35 bits per heavy atom. The first kappa shape index (κ1) is 12.3. The summed E-state index contributed by atoms with van der Waals surface area (Å²) in [5.74, 6) is -0.445. The van der Waals surface area contributed by atoms with E-state index in [2.05, 4.69) is 4.98 Å². The summed E-state index contributed by atoms with van der Waals surface area (Å²) >= 11 is 5.99. The van der Waals surface area contributed by atoms with Crippen molar-refractivity contribution in [1.29, 1.82) is 0 Å². The van der Waals surface area contributed by atoms with Crippen LogP contribution in [0.5, 0.6) is 0 Å². The first-order chi connectivity index (χ1) is 8.20. The summed E-state index contributed by atoms with van der Waals surface area (Å²) in [6.07, 6.45) is 4.05. The number of carbonyl (C=O) groups excluding carboxylic acids is 1. The SMILES string of the molecule is CCOC(=O)c1cnc(COC2CC2)cc1Cl. The van der Waals surface area contributed by atoms with Crippen molar-refractivity contribution in [3.63, 3.8) is 0 Å². The average Bonchev–Trinajstić information content (AvgIpc) is 3.10. The fourth-order valence-electron chi connectivity index (χ4n) is 1.35. The number of carbonyl (C=O) groups is 1. The Kier molecular flexibility index (Phi) is 3.97. The predicted molar refractivity (Wildman–Crippen MR) is 63.0 cm³/mol. The molecule has 17 heavy (non-hydrogen) atoms. The summed E-state index contributed by atoms with van der Waals surface area (Å²) in [4.78, 5) is 15.6. The normalized spacial score (nSPS) is 14.7. The number of hydrogen-bond donors (Lipinski definition) is 0. The van der Waals surface area contributed by atoms with Crippen LogP contribution in [-0.4, -0.2) is 23.7 Å². The number of nitrogens with zero attached hydrogens (tertiary/aromatic N) is 1. The van der Waals surface area contributed by atoms with Crippen LogP contribution in [0.4, 0.5) is 0 Å². The van der Waals surface area contributed by atoms with E-state index in [4.69, 9.17) is 21.1 Å². The Hall–Kier alpha value is -1.13. The standard InChI is InChI=1S/C12H14ClNO3/c1-2-16-12(15)10-6-14-8(5-11(10)13)7-17-9-3-4-9/h5-6,9H,2-4,7H2,1H3. The zero-order valence-electron chi connectivity index (χ0n) is 9.61. The number of ether oxygens (including phenoxy) is 2. The number of aromatic nitrogens is 1. The molecule has 5 heteroatoms. The monoisotopic (exact) mass is 255 g/mol. The molecule has 0 aliphatic heterocycles. The number of pyridine rings is 1. The van der Waals surface area contributed by atoms with Crippen LogP contribution in [0.15, 0.2) is 12.3 Å². The van der Waals surface area contributed by atoms with Crippen molar-refractivity contribution in [2.45, 2.75) is 32.5 Å². The third-order valence-corrected chi connectivity index (χ3v) is 2.71. The van der Waals surface area contributed by atoms with Gasteiger partial charge in [-0.05, 0) is 25.8 Å². The van der Waals surface area contributed by atoms with Gasteiger partial charge in [0.15, 0.2) is 0 Å². The molecule has 0 radical (unpaired) electrons. The van der Waals surface area contributed by atoms with Crippen molar-refractivity contribution < 1.29 is 14.3 Å². The lowest BCUT2D eigenvalue weighted by atomic mass is 10.2. The molecule has 1 heterocycles. The molecular formula is C12H14ClNO3. The van der Waals surface area contributed by atoms with Crippen LogP contribution in [0.1, 0.15) is 35.8 Å². The Morgan fingerprint density at radius 1 is 1.59 bits per heavy atom. The maximum Gasteiger partial charge on any atom is 0.341 e. The summed E-state index contributed by atoms with van der Waals surface area (Å²) in [7, 11) is 0. The lowest BCUT2D eigenvalue weighted by Crippen LogP contribution is -2.07. The number of halogens is 1. The van der Waals surface area contributed by atoms with Crippen molar-refractivity contribution in [2.75, 3.05) is 6.61 Å². The molecule has 0 spiro atoms. The van der Waals surface area contributed by atoms with E-state index in [1.54, 1.807) is 13.0 Å². The van der Waals surface area contributed by atoms with E-state index in [0.29, 0.717) is 29.9 Å². The topological polar surface area (TPSA) is 48.4 Å². The zero-order chi connectivity index (χ0) is 12.3. The molecule has 0 saturated heterocycles. The summed E-state index contributed by atoms with van der Waals surface area (Å²) in [5, 5.41) is 0.354. The van der Waals surface area contributed by atoms with Crippen LogP contribution in [0, 0.1) is 0 Å². The van der Waals surface area contributed by atoms with Gasteiger partial charge >= 0.3 is 5.97 Å². The van der Waals surface area contributed by atoms with Gasteiger partial charge in [-0.2, -0.15) is 0 Å². The molecule has 0 unspecified atom stereocenters. The summed E-state index contributed by atoms with van der Waals surface area (Å²) in [6, 6.07) is 1.65. The first-order valence-corrected chi connectivity index (χ1v) is 6.01. The van der Waals surface area contributed by atoms with Gasteiger partial charge in [-0.15, -0.1) is 0 Å². The van der Waals surface area contributed by atoms with Crippen molar-refractivity contribution in [3.8, 4) is 0 Å². The highest BCUT2D eigenvalue weighted by molar-refractivity contribution is 6.33. The highest BCUT2D eigenvalue weighted by atomic mass is 35.5. The third-order valence-electron chi connectivity index (χ3n) is 2.40. The molecule has 0 aromatic carbocycles. The van der Waals surface area contributed by atoms with E-state index < -0.39 is 5.97 Å². The van der Waals surface area contributed by atoms with Crippen molar-refractivity contribution >= 4 is 17.6 Å². The van der Waals surface area contributed by atoms with Crippen LogP contribution >= 0.6 is 11.6 Å². The highest BCUT2D eigenvalue weighted by Crippen LogP contribution is 2.25. The molecule has 4 nitrogen and oxygen atoms in total. The maximum atomic E-state index is 11.5. The van der Waals surface area contributed by atoms with Crippen LogP contribution in [0.25, 0.3) is 0 Å². The lowest BCUT2D eigenvalue weighted by molar-refractivity contribution is 0.0525. The second kappa shape index (κ2) is 5.47. The van der Waals surface area contributed by atoms with Crippen LogP contribution in [0.3, 0.4) is 0 Å². The van der Waals surface area contributed by atoms with E-state index in [1.165, 1.54) is 6.20 Å². The second-order valence-corrected chi connectivity index (χ2v) is 4.29. The van der Waals surface area contributed by atoms with E-state index >= 15 is 0 Å². The largest absolute Gasteiger partial charge is 0.462 e. The van der Waals surface area contributed by atoms with Gasteiger partial charge in [-0.25, -0.2) is 4.79 Å². The smallest absolute Gasteiger partial charge is 0.341 e. The number of esters is 1. The maximum absolute atomic E-state index is 11.5. The molecule has 1 fully saturated rings. The number of hydrogen-bond acceptors (Lipinski definition) is 4. The average molecular weight is 256 g/mol. The fourth-order valence-corrected chi connectivity index (χ4v) is 1.60. The van der Waals surface area contributed by atoms with Crippen LogP contribution in [0.2, 0.25) is 5.02 Å². The molecular weight excluding hydrogens is 242 g/mol. The molecule has 0 N–H and O–H groups in total. The summed E-state index contributed by atoms with van der Waals surface area (Å²) in [5.41, 5.74) is 1.03. The van der Waals surface area contributed by atoms with Gasteiger partial charge in [-0.1, -0.05) is 11.6 Å². The zero-order valence-corrected chi connectivity index (χ0v) is 10.4. The van der Waals surface area contributed by atoms with Crippen LogP contribution in [-0.2, 0) is 16.1 Å². The lowest BCUT2D eigenvalue weighted by Gasteiger charge is -2.06. The summed E-state index contributed by atoms with van der Waals surface area (Å²) < 4.78 is 10.4. The molecule has 0 amide bonds. The van der Waals surface area contributed by atoms with Gasteiger partial charge in [0.1, 0.15) is 0 Å². The minimum Gasteiger partial charge on any atom is -0.462 e. The molecule has 0 atom stereocenters. The third kappa shape index (κ3) is 3.41. The molecule has 1 aliphatic carbocycles. The Balaban J connectivity index is 2.01. The van der Waals surface area contributed by atoms with E-state index in [1.807, 2.05) is 0 Å². The molecule has 1 aliphatic rings. The molecule has 1 saturated carbocycles. The highest BCUT2D eigenvalue weighted by Gasteiger charge is 2.22. The summed E-state index contributed by atoms with van der Waals surface area (Å²) in [6.45, 7) is 2.51. The van der Waals surface area contributed by atoms with E-state index in [-0.39, 0.29) is 0 Å². The Bertz CT molecular complexity index is 418. The molecule has 1 aromatic rings. The van der Waals surface area contributed by atoms with Crippen LogP contribution < -0.4 is 0 Å². The van der Waals surface area contributed by atoms with Gasteiger partial charge in [0.2, 0.25) is 0 Å². The Morgan fingerprint density at radius 3 is 2.94 bits per heavy atom. The van der Waals surface area contributed by atoms with Crippen molar-refractivity contribution in [3.05, 3.63) is 28.5 Å². The molecule has 1 aromatic heterocycles. The minimum absolute atomic E-state index is 0.295. The molecule has 92 valence electrons. The van der Waals surface area contributed by atoms with Crippen molar-refractivity contribution in [1.82, 2.24) is 4.98 Å². The quantitative estimate of drug-likeness (QED) is 0.759. The first-order valence-electron chi connectivity index (χ1n) is 5.64. The van der Waals surface area contributed by atoms with Crippen molar-refractivity contribution in [2.24, 2.45) is 0 Å². The van der Waals surface area contributed by atoms with Gasteiger partial charge < -0.3 is 9.47 Å². The second-order valence-electron chi connectivity index (χ2n) is 3.89. The van der Waals surface area contributed by atoms with Gasteiger partial charge in [0.25, 0.3) is 0 Å². The molecule has 2 rings (SSSR count). The van der Waals surface area contributed by atoms with Gasteiger partial charge in [0, 0.05) is 6.20 Å². The Labute approximate surface area is 105 Å². The van der Waals surface area contributed by atoms with Gasteiger partial charge in [0.05, 0.1) is 35.6 Å². The van der Waals surface area contributed by atoms with E-state index in [9.17, 15) is 4.79 Å². The predicted octanol–water partition coefficient (Wildman–Crippen LogP) is 2.59. The van der Waals surface area contributed by atoms with E-state index in [0.717, 1.165) is 18.5 Å². The number of rotatable bonds is 5. The van der Waals surface area contributed by atoms with Gasteiger partial charge in [-0.3, -0.25) is 4.98 Å². The minimum atomic E-state index is -0.445. The fraction of sp³-hybridized carbons (Fsp3) is 0.500. The molecule has 0 bridgehead atoms.